The van der Waals surface area contributed by atoms with Crippen molar-refractivity contribution in [2.24, 2.45) is 0 Å². The number of imide groups is 1. The fourth-order valence-electron chi connectivity index (χ4n) is 2.60. The van der Waals surface area contributed by atoms with Crippen molar-refractivity contribution in [3.05, 3.63) is 65.5 Å². The molecule has 2 aromatic carbocycles. The van der Waals surface area contributed by atoms with Crippen molar-refractivity contribution in [1.82, 2.24) is 15.8 Å². The minimum absolute atomic E-state index is 0.0209. The molecule has 0 aromatic heterocycles. The molecule has 1 aliphatic heterocycles. The molecule has 1 aliphatic rings. The van der Waals surface area contributed by atoms with E-state index in [-0.39, 0.29) is 12.2 Å². The lowest BCUT2D eigenvalue weighted by Crippen LogP contribution is -2.51. The molecule has 3 rings (SSSR count). The molecule has 1 heterocycles. The molecule has 8 nitrogen and oxygen atoms in total. The molecule has 0 atom stereocenters. The van der Waals surface area contributed by atoms with Gasteiger partial charge in [0.15, 0.2) is 6.61 Å². The van der Waals surface area contributed by atoms with Gasteiger partial charge in [0.2, 0.25) is 5.91 Å². The highest BCUT2D eigenvalue weighted by atomic mass is 19.1. The molecule has 0 aliphatic carbocycles. The number of hydrogen-bond acceptors (Lipinski definition) is 5. The van der Waals surface area contributed by atoms with Gasteiger partial charge in [0.25, 0.3) is 17.7 Å². The van der Waals surface area contributed by atoms with Crippen LogP contribution in [0.2, 0.25) is 0 Å². The highest BCUT2D eigenvalue weighted by Crippen LogP contribution is 2.19. The van der Waals surface area contributed by atoms with Gasteiger partial charge in [-0.15, -0.1) is 0 Å². The Morgan fingerprint density at radius 1 is 1.00 bits per heavy atom. The Hall–Kier alpha value is -3.75. The molecular weight excluding hydrogens is 369 g/mol. The van der Waals surface area contributed by atoms with E-state index in [0.717, 1.165) is 4.90 Å². The minimum atomic E-state index is -0.740. The number of hydrazine groups is 1. The van der Waals surface area contributed by atoms with Gasteiger partial charge in [0.05, 0.1) is 6.42 Å². The Bertz CT molecular complexity index is 929. The Kier molecular flexibility index (Phi) is 5.64. The fourth-order valence-corrected chi connectivity index (χ4v) is 2.60. The molecule has 0 bridgehead atoms. The number of nitrogens with zero attached hydrogens (tertiary/aromatic N) is 1. The minimum Gasteiger partial charge on any atom is -0.484 e. The highest BCUT2D eigenvalue weighted by Gasteiger charge is 2.31. The van der Waals surface area contributed by atoms with Crippen molar-refractivity contribution < 1.29 is 28.3 Å². The molecule has 0 saturated carbocycles. The molecule has 2 aromatic rings. The molecule has 4 amide bonds. The summed E-state index contributed by atoms with van der Waals surface area (Å²) < 4.78 is 17.9. The second-order valence-corrected chi connectivity index (χ2v) is 5.96. The van der Waals surface area contributed by atoms with E-state index in [4.69, 9.17) is 4.74 Å². The Morgan fingerprint density at radius 3 is 2.43 bits per heavy atom. The van der Waals surface area contributed by atoms with Crippen LogP contribution in [0.15, 0.2) is 48.5 Å². The number of amides is 4. The zero-order chi connectivity index (χ0) is 20.1. The van der Waals surface area contributed by atoms with Crippen LogP contribution in [0.5, 0.6) is 5.75 Å². The standard InChI is InChI=1S/C19H16FN3O5/c20-13-5-7-14(8-6-13)28-11-17(25)22-21-16(24)10-23-18(26)9-12-3-1-2-4-15(12)19(23)27/h1-8H,9-11H2,(H,21,24)(H,22,25). The van der Waals surface area contributed by atoms with E-state index in [2.05, 4.69) is 10.9 Å². The fraction of sp³-hybridized carbons (Fsp3) is 0.158. The first-order valence-corrected chi connectivity index (χ1v) is 8.32. The molecule has 0 saturated heterocycles. The number of rotatable bonds is 5. The number of hydrogen-bond donors (Lipinski definition) is 2. The third-order valence-corrected chi connectivity index (χ3v) is 3.96. The van der Waals surface area contributed by atoms with Crippen molar-refractivity contribution in [3.8, 4) is 5.75 Å². The maximum absolute atomic E-state index is 12.8. The highest BCUT2D eigenvalue weighted by molar-refractivity contribution is 6.11. The maximum atomic E-state index is 12.8. The smallest absolute Gasteiger partial charge is 0.276 e. The molecule has 2 N–H and O–H groups in total. The summed E-state index contributed by atoms with van der Waals surface area (Å²) in [5, 5.41) is 0. The average Bonchev–Trinajstić information content (AvgIpc) is 2.69. The Balaban J connectivity index is 1.47. The second kappa shape index (κ2) is 8.30. The predicted molar refractivity (Wildman–Crippen MR) is 94.4 cm³/mol. The second-order valence-electron chi connectivity index (χ2n) is 5.96. The normalized spacial score (nSPS) is 13.0. The van der Waals surface area contributed by atoms with Crippen molar-refractivity contribution in [3.63, 3.8) is 0 Å². The molecule has 0 radical (unpaired) electrons. The van der Waals surface area contributed by atoms with Crippen LogP contribution in [0.25, 0.3) is 0 Å². The number of carbonyl (C=O) groups excluding carboxylic acids is 4. The summed E-state index contributed by atoms with van der Waals surface area (Å²) >= 11 is 0. The van der Waals surface area contributed by atoms with E-state index in [1.807, 2.05) is 0 Å². The quantitative estimate of drug-likeness (QED) is 0.579. The topological polar surface area (TPSA) is 105 Å². The van der Waals surface area contributed by atoms with Crippen molar-refractivity contribution >= 4 is 23.6 Å². The molecule has 144 valence electrons. The first-order chi connectivity index (χ1) is 13.4. The van der Waals surface area contributed by atoms with Crippen molar-refractivity contribution in [2.75, 3.05) is 13.2 Å². The van der Waals surface area contributed by atoms with Gasteiger partial charge < -0.3 is 4.74 Å². The zero-order valence-corrected chi connectivity index (χ0v) is 14.6. The zero-order valence-electron chi connectivity index (χ0n) is 14.6. The average molecular weight is 385 g/mol. The first kappa shape index (κ1) is 19.0. The lowest BCUT2D eigenvalue weighted by molar-refractivity contribution is -0.135. The van der Waals surface area contributed by atoms with E-state index in [1.165, 1.54) is 24.3 Å². The lowest BCUT2D eigenvalue weighted by atomic mass is 9.98. The van der Waals surface area contributed by atoms with Gasteiger partial charge in [-0.1, -0.05) is 18.2 Å². The van der Waals surface area contributed by atoms with Crippen LogP contribution in [0.1, 0.15) is 15.9 Å². The van der Waals surface area contributed by atoms with Gasteiger partial charge in [-0.25, -0.2) is 4.39 Å². The predicted octanol–water partition coefficient (Wildman–Crippen LogP) is 0.577. The third-order valence-electron chi connectivity index (χ3n) is 3.96. The Morgan fingerprint density at radius 2 is 1.68 bits per heavy atom. The van der Waals surface area contributed by atoms with Gasteiger partial charge in [0.1, 0.15) is 18.1 Å². The van der Waals surface area contributed by atoms with E-state index in [9.17, 15) is 23.6 Å². The van der Waals surface area contributed by atoms with Gasteiger partial charge >= 0.3 is 0 Å². The van der Waals surface area contributed by atoms with Crippen LogP contribution >= 0.6 is 0 Å². The summed E-state index contributed by atoms with van der Waals surface area (Å²) in [5.41, 5.74) is 5.21. The largest absolute Gasteiger partial charge is 0.484 e. The molecule has 28 heavy (non-hydrogen) atoms. The van der Waals surface area contributed by atoms with Crippen LogP contribution in [-0.2, 0) is 20.8 Å². The van der Waals surface area contributed by atoms with Crippen molar-refractivity contribution in [1.29, 1.82) is 0 Å². The summed E-state index contributed by atoms with van der Waals surface area (Å²) in [6, 6.07) is 11.7. The third kappa shape index (κ3) is 4.50. The number of fused-ring (bicyclic) bond motifs is 1. The van der Waals surface area contributed by atoms with Gasteiger partial charge in [-0.05, 0) is 35.9 Å². The van der Waals surface area contributed by atoms with Crippen LogP contribution in [-0.4, -0.2) is 41.7 Å². The van der Waals surface area contributed by atoms with Gasteiger partial charge in [-0.2, -0.15) is 0 Å². The summed E-state index contributed by atoms with van der Waals surface area (Å²) in [7, 11) is 0. The van der Waals surface area contributed by atoms with Gasteiger partial charge in [0, 0.05) is 5.56 Å². The van der Waals surface area contributed by atoms with E-state index < -0.39 is 42.6 Å². The summed E-state index contributed by atoms with van der Waals surface area (Å²) in [4.78, 5) is 49.0. The van der Waals surface area contributed by atoms with Crippen LogP contribution in [0.3, 0.4) is 0 Å². The summed E-state index contributed by atoms with van der Waals surface area (Å²) in [6.45, 7) is -0.939. The van der Waals surface area contributed by atoms with Crippen molar-refractivity contribution in [2.45, 2.75) is 6.42 Å². The summed E-state index contributed by atoms with van der Waals surface area (Å²) in [6.07, 6.45) is 0.0209. The Labute approximate surface area is 159 Å². The number of nitrogens with one attached hydrogen (secondary N) is 2. The number of halogens is 1. The van der Waals surface area contributed by atoms with E-state index in [1.54, 1.807) is 24.3 Å². The number of ether oxygens (including phenoxy) is 1. The molecule has 9 heteroatoms. The monoisotopic (exact) mass is 385 g/mol. The lowest BCUT2D eigenvalue weighted by Gasteiger charge is -2.26. The van der Waals surface area contributed by atoms with E-state index >= 15 is 0 Å². The number of benzene rings is 2. The molecular formula is C19H16FN3O5. The molecule has 0 fully saturated rings. The number of carbonyl (C=O) groups is 4. The van der Waals surface area contributed by atoms with E-state index in [0.29, 0.717) is 11.1 Å². The SMILES string of the molecule is O=C(COc1ccc(F)cc1)NNC(=O)CN1C(=O)Cc2ccccc2C1=O. The van der Waals surface area contributed by atoms with Crippen LogP contribution < -0.4 is 15.6 Å². The maximum Gasteiger partial charge on any atom is 0.276 e. The molecule has 0 unspecified atom stereocenters. The van der Waals surface area contributed by atoms with Gasteiger partial charge in [-0.3, -0.25) is 34.9 Å². The van der Waals surface area contributed by atoms with Crippen LogP contribution in [0, 0.1) is 5.82 Å². The summed E-state index contributed by atoms with van der Waals surface area (Å²) in [5.74, 6) is -2.62. The molecule has 0 spiro atoms. The first-order valence-electron chi connectivity index (χ1n) is 8.32. The van der Waals surface area contributed by atoms with Crippen LogP contribution in [0.4, 0.5) is 4.39 Å².